The number of rotatable bonds is 5. The Bertz CT molecular complexity index is 552. The monoisotopic (exact) mass is 293 g/mol. The third-order valence-electron chi connectivity index (χ3n) is 3.28. The van der Waals surface area contributed by atoms with Gasteiger partial charge in [0.25, 0.3) is 0 Å². The quantitative estimate of drug-likeness (QED) is 0.885. The first-order chi connectivity index (χ1) is 9.50. The fourth-order valence-corrected chi connectivity index (χ4v) is 2.97. The Balaban J connectivity index is 2.44. The summed E-state index contributed by atoms with van der Waals surface area (Å²) in [6.45, 7) is 6.38. The number of anilines is 1. The summed E-state index contributed by atoms with van der Waals surface area (Å²) in [7, 11) is 0. The zero-order valence-electron chi connectivity index (χ0n) is 12.0. The van der Waals surface area contributed by atoms with Crippen molar-refractivity contribution in [1.82, 2.24) is 0 Å². The second kappa shape index (κ2) is 6.37. The van der Waals surface area contributed by atoms with Crippen molar-refractivity contribution in [3.8, 4) is 0 Å². The maximum atomic E-state index is 14.3. The van der Waals surface area contributed by atoms with Gasteiger partial charge in [-0.3, -0.25) is 0 Å². The molecule has 2 nitrogen and oxygen atoms in total. The molecule has 108 valence electrons. The normalized spacial score (nSPS) is 12.7. The summed E-state index contributed by atoms with van der Waals surface area (Å²) >= 11 is 1.66. The fourth-order valence-electron chi connectivity index (χ4n) is 2.26. The molecule has 0 spiro atoms. The molecule has 1 aromatic heterocycles. The standard InChI is InChI=1S/C16H20FNOS/c1-11(2)18(10-13-6-5-9-20-13)16-14(12(3)19)7-4-8-15(16)17/h4-9,11-12,19H,10H2,1-3H3/t12-/m0/s1. The van der Waals surface area contributed by atoms with E-state index in [9.17, 15) is 9.50 Å². The average Bonchev–Trinajstić information content (AvgIpc) is 2.88. The molecule has 0 aliphatic carbocycles. The lowest BCUT2D eigenvalue weighted by atomic mass is 10.1. The van der Waals surface area contributed by atoms with Crippen LogP contribution in [0.1, 0.15) is 37.3 Å². The van der Waals surface area contributed by atoms with Crippen molar-refractivity contribution in [2.45, 2.75) is 39.5 Å². The van der Waals surface area contributed by atoms with Gasteiger partial charge in [-0.15, -0.1) is 11.3 Å². The van der Waals surface area contributed by atoms with Crippen molar-refractivity contribution >= 4 is 17.0 Å². The van der Waals surface area contributed by atoms with E-state index in [0.717, 1.165) is 0 Å². The zero-order valence-corrected chi connectivity index (χ0v) is 12.8. The van der Waals surface area contributed by atoms with Crippen LogP contribution in [-0.4, -0.2) is 11.1 Å². The third-order valence-corrected chi connectivity index (χ3v) is 4.15. The lowest BCUT2D eigenvalue weighted by Crippen LogP contribution is -2.31. The summed E-state index contributed by atoms with van der Waals surface area (Å²) in [4.78, 5) is 3.18. The van der Waals surface area contributed by atoms with Crippen LogP contribution in [0.2, 0.25) is 0 Å². The lowest BCUT2D eigenvalue weighted by molar-refractivity contribution is 0.199. The van der Waals surface area contributed by atoms with Gasteiger partial charge in [-0.2, -0.15) is 0 Å². The Morgan fingerprint density at radius 3 is 2.50 bits per heavy atom. The van der Waals surface area contributed by atoms with Gasteiger partial charge in [-0.1, -0.05) is 18.2 Å². The maximum Gasteiger partial charge on any atom is 0.146 e. The highest BCUT2D eigenvalue weighted by atomic mass is 32.1. The van der Waals surface area contributed by atoms with Crippen LogP contribution in [0.3, 0.4) is 0 Å². The second-order valence-electron chi connectivity index (χ2n) is 5.15. The van der Waals surface area contributed by atoms with Gasteiger partial charge in [-0.05, 0) is 38.3 Å². The summed E-state index contributed by atoms with van der Waals surface area (Å²) in [5, 5.41) is 11.9. The smallest absolute Gasteiger partial charge is 0.146 e. The molecule has 20 heavy (non-hydrogen) atoms. The predicted octanol–water partition coefficient (Wildman–Crippen LogP) is 4.36. The highest BCUT2D eigenvalue weighted by Crippen LogP contribution is 2.32. The van der Waals surface area contributed by atoms with E-state index < -0.39 is 6.10 Å². The fraction of sp³-hybridized carbons (Fsp3) is 0.375. The molecule has 0 aliphatic heterocycles. The minimum absolute atomic E-state index is 0.145. The second-order valence-corrected chi connectivity index (χ2v) is 6.19. The van der Waals surface area contributed by atoms with E-state index in [-0.39, 0.29) is 11.9 Å². The number of aliphatic hydroxyl groups is 1. The zero-order chi connectivity index (χ0) is 14.7. The number of thiophene rings is 1. The van der Waals surface area contributed by atoms with E-state index in [1.165, 1.54) is 10.9 Å². The van der Waals surface area contributed by atoms with Crippen LogP contribution in [-0.2, 0) is 6.54 Å². The molecule has 0 saturated heterocycles. The molecule has 1 N–H and O–H groups in total. The van der Waals surface area contributed by atoms with E-state index >= 15 is 0 Å². The number of hydrogen-bond donors (Lipinski definition) is 1. The van der Waals surface area contributed by atoms with Gasteiger partial charge in [0.1, 0.15) is 5.82 Å². The number of para-hydroxylation sites is 1. The molecule has 0 aliphatic rings. The van der Waals surface area contributed by atoms with E-state index in [4.69, 9.17) is 0 Å². The van der Waals surface area contributed by atoms with Crippen LogP contribution < -0.4 is 4.90 Å². The minimum Gasteiger partial charge on any atom is -0.389 e. The van der Waals surface area contributed by atoms with Gasteiger partial charge in [0.05, 0.1) is 18.3 Å². The topological polar surface area (TPSA) is 23.5 Å². The molecule has 0 fully saturated rings. The van der Waals surface area contributed by atoms with Crippen LogP contribution in [0.25, 0.3) is 0 Å². The Kier molecular flexibility index (Phi) is 4.78. The van der Waals surface area contributed by atoms with Gasteiger partial charge in [0.15, 0.2) is 0 Å². The van der Waals surface area contributed by atoms with Crippen molar-refractivity contribution < 1.29 is 9.50 Å². The van der Waals surface area contributed by atoms with Crippen molar-refractivity contribution in [2.24, 2.45) is 0 Å². The molecule has 4 heteroatoms. The summed E-state index contributed by atoms with van der Waals surface area (Å²) in [6, 6.07) is 9.06. The van der Waals surface area contributed by atoms with Crippen LogP contribution in [0.5, 0.6) is 0 Å². The molecule has 0 bridgehead atoms. The number of nitrogens with zero attached hydrogens (tertiary/aromatic N) is 1. The molecule has 0 saturated carbocycles. The summed E-state index contributed by atoms with van der Waals surface area (Å²) < 4.78 is 14.3. The van der Waals surface area contributed by atoms with Crippen molar-refractivity contribution in [3.05, 3.63) is 52.0 Å². The SMILES string of the molecule is CC(C)N(Cc1cccs1)c1c(F)cccc1[C@H](C)O. The molecule has 0 unspecified atom stereocenters. The van der Waals surface area contributed by atoms with Gasteiger partial charge >= 0.3 is 0 Å². The third kappa shape index (κ3) is 3.19. The summed E-state index contributed by atoms with van der Waals surface area (Å²) in [6.07, 6.45) is -0.690. The maximum absolute atomic E-state index is 14.3. The molecular formula is C16H20FNOS. The number of aliphatic hydroxyl groups excluding tert-OH is 1. The molecule has 2 rings (SSSR count). The highest BCUT2D eigenvalue weighted by Gasteiger charge is 2.21. The molecular weight excluding hydrogens is 273 g/mol. The first-order valence-electron chi connectivity index (χ1n) is 6.76. The molecule has 1 heterocycles. The van der Waals surface area contributed by atoms with E-state index in [2.05, 4.69) is 0 Å². The van der Waals surface area contributed by atoms with E-state index in [1.54, 1.807) is 30.4 Å². The van der Waals surface area contributed by atoms with Gasteiger partial charge in [-0.25, -0.2) is 4.39 Å². The Morgan fingerprint density at radius 1 is 1.20 bits per heavy atom. The highest BCUT2D eigenvalue weighted by molar-refractivity contribution is 7.09. The molecule has 0 amide bonds. The summed E-state index contributed by atoms with van der Waals surface area (Å²) in [5.41, 5.74) is 1.14. The van der Waals surface area contributed by atoms with Crippen molar-refractivity contribution in [3.63, 3.8) is 0 Å². The minimum atomic E-state index is -0.690. The number of benzene rings is 1. The average molecular weight is 293 g/mol. The Hall–Kier alpha value is -1.39. The van der Waals surface area contributed by atoms with Crippen LogP contribution in [0, 0.1) is 5.82 Å². The lowest BCUT2D eigenvalue weighted by Gasteiger charge is -2.31. The number of hydrogen-bond acceptors (Lipinski definition) is 3. The van der Waals surface area contributed by atoms with Gasteiger partial charge in [0.2, 0.25) is 0 Å². The first-order valence-corrected chi connectivity index (χ1v) is 7.64. The Labute approximate surface area is 123 Å². The molecule has 0 radical (unpaired) electrons. The summed E-state index contributed by atoms with van der Waals surface area (Å²) in [5.74, 6) is -0.284. The van der Waals surface area contributed by atoms with Gasteiger partial charge < -0.3 is 10.0 Å². The van der Waals surface area contributed by atoms with Gasteiger partial charge in [0, 0.05) is 16.5 Å². The van der Waals surface area contributed by atoms with Crippen LogP contribution in [0.15, 0.2) is 35.7 Å². The molecule has 1 atom stereocenters. The van der Waals surface area contributed by atoms with Crippen LogP contribution in [0.4, 0.5) is 10.1 Å². The predicted molar refractivity (Wildman–Crippen MR) is 82.7 cm³/mol. The largest absolute Gasteiger partial charge is 0.389 e. The molecule has 1 aromatic carbocycles. The van der Waals surface area contributed by atoms with Crippen molar-refractivity contribution in [1.29, 1.82) is 0 Å². The molecule has 2 aromatic rings. The van der Waals surface area contributed by atoms with E-state index in [0.29, 0.717) is 17.8 Å². The van der Waals surface area contributed by atoms with Crippen molar-refractivity contribution in [2.75, 3.05) is 4.90 Å². The first kappa shape index (κ1) is 15.0. The number of halogens is 1. The van der Waals surface area contributed by atoms with Crippen LogP contribution >= 0.6 is 11.3 Å². The van der Waals surface area contributed by atoms with E-state index in [1.807, 2.05) is 36.3 Å². The Morgan fingerprint density at radius 2 is 1.95 bits per heavy atom.